The van der Waals surface area contributed by atoms with Gasteiger partial charge >= 0.3 is 0 Å². The van der Waals surface area contributed by atoms with Gasteiger partial charge in [0.05, 0.1) is 0 Å². The zero-order valence-electron chi connectivity index (χ0n) is 10.6. The maximum atomic E-state index is 11.9. The van der Waals surface area contributed by atoms with Gasteiger partial charge in [0.15, 0.2) is 0 Å². The van der Waals surface area contributed by atoms with Crippen LogP contribution in [0, 0.1) is 10.1 Å². The number of rotatable bonds is 2. The van der Waals surface area contributed by atoms with Gasteiger partial charge in [-0.05, 0) is 12.8 Å². The molecule has 0 spiro atoms. The minimum atomic E-state index is -1.12. The zero-order chi connectivity index (χ0) is 13.5. The Hall–Kier alpha value is -1.91. The van der Waals surface area contributed by atoms with Crippen LogP contribution in [-0.2, 0) is 10.3 Å². The number of nitro groups is 1. The van der Waals surface area contributed by atoms with E-state index in [0.717, 1.165) is 18.4 Å². The first-order valence-electron chi connectivity index (χ1n) is 6.66. The summed E-state index contributed by atoms with van der Waals surface area (Å²) >= 11 is 0. The average Bonchev–Trinajstić information content (AvgIpc) is 2.91. The predicted octanol–water partition coefficient (Wildman–Crippen LogP) is 1.94. The Morgan fingerprint density at radius 2 is 2.05 bits per heavy atom. The van der Waals surface area contributed by atoms with Crippen LogP contribution in [0.1, 0.15) is 31.2 Å². The van der Waals surface area contributed by atoms with E-state index in [1.165, 1.54) is 0 Å². The minimum absolute atomic E-state index is 0.0657. The first-order valence-corrected chi connectivity index (χ1v) is 6.66. The van der Waals surface area contributed by atoms with E-state index in [-0.39, 0.29) is 23.3 Å². The molecule has 1 amide bonds. The molecule has 2 atom stereocenters. The van der Waals surface area contributed by atoms with Crippen molar-refractivity contribution in [1.29, 1.82) is 0 Å². The molecule has 5 nitrogen and oxygen atoms in total. The Morgan fingerprint density at radius 1 is 1.32 bits per heavy atom. The highest BCUT2D eigenvalue weighted by Crippen LogP contribution is 2.44. The van der Waals surface area contributed by atoms with E-state index in [4.69, 9.17) is 0 Å². The highest BCUT2D eigenvalue weighted by Gasteiger charge is 2.59. The molecular weight excluding hydrogens is 244 g/mol. The van der Waals surface area contributed by atoms with Gasteiger partial charge in [0.25, 0.3) is 5.54 Å². The van der Waals surface area contributed by atoms with Crippen molar-refractivity contribution in [3.63, 3.8) is 0 Å². The molecule has 0 unspecified atom stereocenters. The van der Waals surface area contributed by atoms with E-state index in [1.807, 2.05) is 30.3 Å². The smallest absolute Gasteiger partial charge is 0.267 e. The zero-order valence-corrected chi connectivity index (χ0v) is 10.6. The van der Waals surface area contributed by atoms with Crippen molar-refractivity contribution in [3.05, 3.63) is 46.0 Å². The Morgan fingerprint density at radius 3 is 2.74 bits per heavy atom. The molecule has 2 aliphatic heterocycles. The van der Waals surface area contributed by atoms with Crippen molar-refractivity contribution in [1.82, 2.24) is 4.90 Å². The summed E-state index contributed by atoms with van der Waals surface area (Å²) in [6.07, 6.45) is 2.16. The third-order valence-electron chi connectivity index (χ3n) is 4.44. The quantitative estimate of drug-likeness (QED) is 0.603. The first-order chi connectivity index (χ1) is 9.16. The number of nitrogens with zero attached hydrogens (tertiary/aromatic N) is 2. The molecule has 19 heavy (non-hydrogen) atoms. The fourth-order valence-electron chi connectivity index (χ4n) is 3.55. The molecule has 0 aromatic heterocycles. The molecule has 3 rings (SSSR count). The number of hydrogen-bond acceptors (Lipinski definition) is 3. The van der Waals surface area contributed by atoms with Gasteiger partial charge in [-0.2, -0.15) is 0 Å². The minimum Gasteiger partial charge on any atom is -0.332 e. The van der Waals surface area contributed by atoms with Gasteiger partial charge in [-0.15, -0.1) is 0 Å². The van der Waals surface area contributed by atoms with Crippen LogP contribution in [0.2, 0.25) is 0 Å². The van der Waals surface area contributed by atoms with Crippen LogP contribution >= 0.6 is 0 Å². The van der Waals surface area contributed by atoms with Crippen molar-refractivity contribution >= 4 is 5.91 Å². The summed E-state index contributed by atoms with van der Waals surface area (Å²) in [6, 6.07) is 8.86. The van der Waals surface area contributed by atoms with Crippen LogP contribution in [0.15, 0.2) is 30.3 Å². The van der Waals surface area contributed by atoms with Gasteiger partial charge in [0, 0.05) is 29.9 Å². The summed E-state index contributed by atoms with van der Waals surface area (Å²) in [5, 5.41) is 11.8. The predicted molar refractivity (Wildman–Crippen MR) is 69.1 cm³/mol. The average molecular weight is 260 g/mol. The Bertz CT molecular complexity index is 517. The number of carbonyl (C=O) groups excluding carboxylic acids is 1. The molecule has 0 N–H and O–H groups in total. The van der Waals surface area contributed by atoms with E-state index in [0.29, 0.717) is 13.0 Å². The first kappa shape index (κ1) is 12.1. The van der Waals surface area contributed by atoms with Crippen LogP contribution in [-0.4, -0.2) is 28.3 Å². The van der Waals surface area contributed by atoms with Gasteiger partial charge in [-0.25, -0.2) is 0 Å². The lowest BCUT2D eigenvalue weighted by atomic mass is 9.76. The summed E-state index contributed by atoms with van der Waals surface area (Å²) in [4.78, 5) is 25.3. The maximum Gasteiger partial charge on any atom is 0.267 e. The molecule has 2 aliphatic rings. The van der Waals surface area contributed by atoms with Crippen LogP contribution in [0.25, 0.3) is 0 Å². The fourth-order valence-corrected chi connectivity index (χ4v) is 3.55. The molecular formula is C14H16N2O3. The molecule has 2 heterocycles. The normalized spacial score (nSPS) is 30.2. The Balaban J connectivity index is 2.11. The van der Waals surface area contributed by atoms with E-state index >= 15 is 0 Å². The van der Waals surface area contributed by atoms with E-state index in [9.17, 15) is 14.9 Å². The summed E-state index contributed by atoms with van der Waals surface area (Å²) in [5.41, 5.74) is -0.393. The maximum absolute atomic E-state index is 11.9. The molecule has 0 aliphatic carbocycles. The van der Waals surface area contributed by atoms with E-state index < -0.39 is 5.54 Å². The third kappa shape index (κ3) is 1.64. The third-order valence-corrected chi connectivity index (χ3v) is 4.44. The number of benzene rings is 1. The molecule has 100 valence electrons. The molecule has 2 fully saturated rings. The summed E-state index contributed by atoms with van der Waals surface area (Å²) in [7, 11) is 0. The molecule has 2 saturated heterocycles. The number of carbonyl (C=O) groups is 1. The second kappa shape index (κ2) is 4.33. The van der Waals surface area contributed by atoms with Crippen molar-refractivity contribution in [2.24, 2.45) is 0 Å². The van der Waals surface area contributed by atoms with Gasteiger partial charge in [-0.1, -0.05) is 30.3 Å². The van der Waals surface area contributed by atoms with Crippen LogP contribution in [0.5, 0.6) is 0 Å². The lowest BCUT2D eigenvalue weighted by molar-refractivity contribution is -0.590. The van der Waals surface area contributed by atoms with E-state index in [2.05, 4.69) is 0 Å². The van der Waals surface area contributed by atoms with Crippen molar-refractivity contribution in [3.8, 4) is 0 Å². The van der Waals surface area contributed by atoms with Gasteiger partial charge < -0.3 is 4.90 Å². The van der Waals surface area contributed by atoms with Crippen LogP contribution in [0.4, 0.5) is 0 Å². The van der Waals surface area contributed by atoms with E-state index in [1.54, 1.807) is 4.90 Å². The highest BCUT2D eigenvalue weighted by atomic mass is 16.6. The molecule has 0 bridgehead atoms. The molecule has 1 aromatic carbocycles. The second-order valence-corrected chi connectivity index (χ2v) is 5.29. The fraction of sp³-hybridized carbons (Fsp3) is 0.500. The Labute approximate surface area is 111 Å². The largest absolute Gasteiger partial charge is 0.332 e. The molecule has 0 saturated carbocycles. The number of amides is 1. The monoisotopic (exact) mass is 260 g/mol. The molecule has 5 heteroatoms. The summed E-state index contributed by atoms with van der Waals surface area (Å²) < 4.78 is 0. The number of hydrogen-bond donors (Lipinski definition) is 0. The van der Waals surface area contributed by atoms with Crippen molar-refractivity contribution in [2.75, 3.05) is 6.54 Å². The standard InChI is InChI=1S/C14H16N2O3/c17-13-8-9-14(16(18)19,11-5-2-1-3-6-11)12-7-4-10-15(12)13/h1-3,5-6,12H,4,7-10H2/t12-,14+/m0/s1. The molecule has 1 aromatic rings. The topological polar surface area (TPSA) is 63.4 Å². The second-order valence-electron chi connectivity index (χ2n) is 5.29. The van der Waals surface area contributed by atoms with Gasteiger partial charge in [0.2, 0.25) is 5.91 Å². The van der Waals surface area contributed by atoms with Gasteiger partial charge in [0.1, 0.15) is 6.04 Å². The summed E-state index contributed by atoms with van der Waals surface area (Å²) in [5.74, 6) is 0.0657. The number of fused-ring (bicyclic) bond motifs is 1. The van der Waals surface area contributed by atoms with Crippen molar-refractivity contribution in [2.45, 2.75) is 37.3 Å². The lowest BCUT2D eigenvalue weighted by Crippen LogP contribution is -2.57. The summed E-state index contributed by atoms with van der Waals surface area (Å²) in [6.45, 7) is 0.659. The SMILES string of the molecule is O=C1CC[C@](c2ccccc2)([N+](=O)[O-])[C@@H]2CCCN12. The highest BCUT2D eigenvalue weighted by molar-refractivity contribution is 5.78. The Kier molecular flexibility index (Phi) is 2.77. The number of piperidine rings is 1. The van der Waals surface area contributed by atoms with Gasteiger partial charge in [-0.3, -0.25) is 14.9 Å². The van der Waals surface area contributed by atoms with Crippen LogP contribution in [0.3, 0.4) is 0 Å². The van der Waals surface area contributed by atoms with Crippen molar-refractivity contribution < 1.29 is 9.72 Å². The van der Waals surface area contributed by atoms with Crippen LogP contribution < -0.4 is 0 Å². The lowest BCUT2D eigenvalue weighted by Gasteiger charge is -2.40. The molecule has 0 radical (unpaired) electrons.